The van der Waals surface area contributed by atoms with Crippen molar-refractivity contribution in [3.05, 3.63) is 46.8 Å². The smallest absolute Gasteiger partial charge is 0.416 e. The van der Waals surface area contributed by atoms with E-state index in [0.717, 1.165) is 12.1 Å². The molecule has 3 aromatic rings. The standard InChI is InChI=1S/C18H16F3N3O3/c1-4-26-14-6-5-11(18(19,20)21)8-13(14)23-16(25)12-7-9(2)22-17-15(12)10(3)24-27-17/h5-8H,4H2,1-3H3,(H,23,25). The molecule has 0 unspecified atom stereocenters. The summed E-state index contributed by atoms with van der Waals surface area (Å²) in [6.45, 7) is 5.25. The monoisotopic (exact) mass is 379 g/mol. The number of amides is 1. The molecular weight excluding hydrogens is 363 g/mol. The lowest BCUT2D eigenvalue weighted by Crippen LogP contribution is -2.15. The molecule has 2 heterocycles. The van der Waals surface area contributed by atoms with E-state index in [2.05, 4.69) is 15.5 Å². The summed E-state index contributed by atoms with van der Waals surface area (Å²) >= 11 is 0. The summed E-state index contributed by atoms with van der Waals surface area (Å²) in [7, 11) is 0. The van der Waals surface area contributed by atoms with Crippen LogP contribution in [0.5, 0.6) is 5.75 Å². The molecule has 0 aliphatic carbocycles. The van der Waals surface area contributed by atoms with Crippen LogP contribution in [0.15, 0.2) is 28.8 Å². The number of nitrogens with one attached hydrogen (secondary N) is 1. The SMILES string of the molecule is CCOc1ccc(C(F)(F)F)cc1NC(=O)c1cc(C)nc2onc(C)c12. The predicted octanol–water partition coefficient (Wildman–Crippen LogP) is 4.51. The van der Waals surface area contributed by atoms with E-state index in [1.165, 1.54) is 12.1 Å². The van der Waals surface area contributed by atoms with Gasteiger partial charge in [-0.15, -0.1) is 0 Å². The van der Waals surface area contributed by atoms with E-state index in [9.17, 15) is 18.0 Å². The number of hydrogen-bond acceptors (Lipinski definition) is 5. The number of ether oxygens (including phenoxy) is 1. The van der Waals surface area contributed by atoms with Crippen molar-refractivity contribution in [2.45, 2.75) is 26.9 Å². The number of fused-ring (bicyclic) bond motifs is 1. The van der Waals surface area contributed by atoms with Crippen LogP contribution in [-0.4, -0.2) is 22.7 Å². The van der Waals surface area contributed by atoms with Gasteiger partial charge in [-0.2, -0.15) is 13.2 Å². The highest BCUT2D eigenvalue weighted by molar-refractivity contribution is 6.12. The summed E-state index contributed by atoms with van der Waals surface area (Å²) in [6.07, 6.45) is -4.55. The van der Waals surface area contributed by atoms with E-state index in [1.807, 2.05) is 0 Å². The Hall–Kier alpha value is -3.10. The molecule has 9 heteroatoms. The van der Waals surface area contributed by atoms with Gasteiger partial charge < -0.3 is 14.6 Å². The number of alkyl halides is 3. The van der Waals surface area contributed by atoms with Gasteiger partial charge in [0.1, 0.15) is 5.75 Å². The molecule has 0 bridgehead atoms. The number of carbonyl (C=O) groups excluding carboxylic acids is 1. The Morgan fingerprint density at radius 1 is 1.26 bits per heavy atom. The lowest BCUT2D eigenvalue weighted by atomic mass is 10.1. The fourth-order valence-electron chi connectivity index (χ4n) is 2.67. The van der Waals surface area contributed by atoms with Crippen molar-refractivity contribution in [2.75, 3.05) is 11.9 Å². The van der Waals surface area contributed by atoms with E-state index in [0.29, 0.717) is 16.8 Å². The van der Waals surface area contributed by atoms with Gasteiger partial charge in [0, 0.05) is 5.69 Å². The second-order valence-electron chi connectivity index (χ2n) is 5.86. The van der Waals surface area contributed by atoms with Crippen LogP contribution in [0.3, 0.4) is 0 Å². The second kappa shape index (κ2) is 6.90. The topological polar surface area (TPSA) is 77.2 Å². The number of hydrogen-bond donors (Lipinski definition) is 1. The number of anilines is 1. The lowest BCUT2D eigenvalue weighted by Gasteiger charge is -2.15. The summed E-state index contributed by atoms with van der Waals surface area (Å²) in [5, 5.41) is 6.69. The molecule has 1 aromatic carbocycles. The van der Waals surface area contributed by atoms with Crippen LogP contribution in [-0.2, 0) is 6.18 Å². The van der Waals surface area contributed by atoms with Crippen molar-refractivity contribution in [3.8, 4) is 5.75 Å². The Morgan fingerprint density at radius 2 is 2.00 bits per heavy atom. The van der Waals surface area contributed by atoms with Gasteiger partial charge in [0.05, 0.1) is 34.5 Å². The molecule has 6 nitrogen and oxygen atoms in total. The zero-order chi connectivity index (χ0) is 19.8. The molecule has 0 saturated carbocycles. The Labute approximate surface area is 152 Å². The molecule has 142 valence electrons. The highest BCUT2D eigenvalue weighted by atomic mass is 19.4. The van der Waals surface area contributed by atoms with Crippen LogP contribution in [0, 0.1) is 13.8 Å². The van der Waals surface area contributed by atoms with Crippen LogP contribution in [0.1, 0.15) is 34.2 Å². The van der Waals surface area contributed by atoms with Gasteiger partial charge in [0.2, 0.25) is 0 Å². The molecule has 1 N–H and O–H groups in total. The third-order valence-electron chi connectivity index (χ3n) is 3.84. The largest absolute Gasteiger partial charge is 0.492 e. The van der Waals surface area contributed by atoms with E-state index in [-0.39, 0.29) is 29.3 Å². The first-order chi connectivity index (χ1) is 12.7. The molecule has 0 radical (unpaired) electrons. The van der Waals surface area contributed by atoms with Gasteiger partial charge in [0.25, 0.3) is 11.6 Å². The van der Waals surface area contributed by atoms with Gasteiger partial charge >= 0.3 is 6.18 Å². The molecular formula is C18H16F3N3O3. The third-order valence-corrected chi connectivity index (χ3v) is 3.84. The third kappa shape index (κ3) is 3.71. The molecule has 0 saturated heterocycles. The number of aryl methyl sites for hydroxylation is 2. The fourth-order valence-corrected chi connectivity index (χ4v) is 2.67. The van der Waals surface area contributed by atoms with E-state index < -0.39 is 17.6 Å². The number of carbonyl (C=O) groups is 1. The van der Waals surface area contributed by atoms with Gasteiger partial charge in [-0.3, -0.25) is 4.79 Å². The Bertz CT molecular complexity index is 1010. The van der Waals surface area contributed by atoms with Crippen molar-refractivity contribution < 1.29 is 27.2 Å². The highest BCUT2D eigenvalue weighted by Gasteiger charge is 2.31. The normalized spacial score (nSPS) is 11.6. The maximum atomic E-state index is 13.0. The minimum absolute atomic E-state index is 0.0756. The fraction of sp³-hybridized carbons (Fsp3) is 0.278. The first kappa shape index (κ1) is 18.7. The molecule has 1 amide bonds. The van der Waals surface area contributed by atoms with Gasteiger partial charge in [-0.05, 0) is 45.0 Å². The van der Waals surface area contributed by atoms with Crippen molar-refractivity contribution in [1.29, 1.82) is 0 Å². The molecule has 0 aliphatic heterocycles. The number of benzene rings is 1. The molecule has 0 aliphatic rings. The maximum Gasteiger partial charge on any atom is 0.416 e. The first-order valence-corrected chi connectivity index (χ1v) is 8.09. The minimum atomic E-state index is -4.55. The summed E-state index contributed by atoms with van der Waals surface area (Å²) in [6, 6.07) is 4.45. The summed E-state index contributed by atoms with van der Waals surface area (Å²) in [5.74, 6) is -0.472. The molecule has 27 heavy (non-hydrogen) atoms. The minimum Gasteiger partial charge on any atom is -0.492 e. The van der Waals surface area contributed by atoms with Gasteiger partial charge in [-0.1, -0.05) is 5.16 Å². The van der Waals surface area contributed by atoms with Crippen LogP contribution in [0.2, 0.25) is 0 Å². The van der Waals surface area contributed by atoms with Crippen molar-refractivity contribution in [2.24, 2.45) is 0 Å². The van der Waals surface area contributed by atoms with Crippen molar-refractivity contribution in [3.63, 3.8) is 0 Å². The number of nitrogens with zero attached hydrogens (tertiary/aromatic N) is 2. The average molecular weight is 379 g/mol. The maximum absolute atomic E-state index is 13.0. The van der Waals surface area contributed by atoms with Gasteiger partial charge in [0.15, 0.2) is 0 Å². The lowest BCUT2D eigenvalue weighted by molar-refractivity contribution is -0.137. The summed E-state index contributed by atoms with van der Waals surface area (Å²) in [5.41, 5.74) is 0.393. The van der Waals surface area contributed by atoms with Crippen molar-refractivity contribution in [1.82, 2.24) is 10.1 Å². The number of rotatable bonds is 4. The molecule has 2 aromatic heterocycles. The zero-order valence-electron chi connectivity index (χ0n) is 14.8. The molecule has 0 spiro atoms. The summed E-state index contributed by atoms with van der Waals surface area (Å²) < 4.78 is 49.5. The Morgan fingerprint density at radius 3 is 2.67 bits per heavy atom. The van der Waals surface area contributed by atoms with Crippen LogP contribution in [0.25, 0.3) is 11.1 Å². The van der Waals surface area contributed by atoms with E-state index in [1.54, 1.807) is 20.8 Å². The van der Waals surface area contributed by atoms with Crippen LogP contribution in [0.4, 0.5) is 18.9 Å². The zero-order valence-corrected chi connectivity index (χ0v) is 14.8. The number of halogens is 3. The van der Waals surface area contributed by atoms with Crippen LogP contribution < -0.4 is 10.1 Å². The Balaban J connectivity index is 2.04. The van der Waals surface area contributed by atoms with Crippen LogP contribution >= 0.6 is 0 Å². The van der Waals surface area contributed by atoms with Gasteiger partial charge in [-0.25, -0.2) is 4.98 Å². The average Bonchev–Trinajstić information content (AvgIpc) is 2.95. The summed E-state index contributed by atoms with van der Waals surface area (Å²) in [4.78, 5) is 17.0. The second-order valence-corrected chi connectivity index (χ2v) is 5.86. The quantitative estimate of drug-likeness (QED) is 0.722. The van der Waals surface area contributed by atoms with E-state index in [4.69, 9.17) is 9.26 Å². The predicted molar refractivity (Wildman–Crippen MR) is 91.8 cm³/mol. The molecule has 3 rings (SSSR count). The van der Waals surface area contributed by atoms with E-state index >= 15 is 0 Å². The number of pyridine rings is 1. The number of aromatic nitrogens is 2. The molecule has 0 atom stereocenters. The van der Waals surface area contributed by atoms with Crippen molar-refractivity contribution >= 4 is 22.7 Å². The first-order valence-electron chi connectivity index (χ1n) is 8.09. The highest BCUT2D eigenvalue weighted by Crippen LogP contribution is 2.35. The Kier molecular flexibility index (Phi) is 4.77. The molecule has 0 fully saturated rings.